The highest BCUT2D eigenvalue weighted by Crippen LogP contribution is 2.42. The van der Waals surface area contributed by atoms with Gasteiger partial charge in [0.1, 0.15) is 0 Å². The molecule has 3 aliphatic rings. The standard InChI is InChI=1S/C17H24N2O/c18-12-17(19-10-14-7-8-15(11-19)20-14)9-3-5-13-4-1-2-6-16(13)17/h1-2,4,6,14-15H,3,5,7-12,18H2. The molecule has 3 nitrogen and oxygen atoms in total. The van der Waals surface area contributed by atoms with E-state index in [1.54, 1.807) is 0 Å². The molecule has 3 unspecified atom stereocenters. The van der Waals surface area contributed by atoms with Gasteiger partial charge in [-0.05, 0) is 43.2 Å². The first-order valence-electron chi connectivity index (χ1n) is 8.01. The zero-order valence-electron chi connectivity index (χ0n) is 12.1. The molecule has 2 saturated heterocycles. The lowest BCUT2D eigenvalue weighted by atomic mass is 9.75. The highest BCUT2D eigenvalue weighted by atomic mass is 16.5. The van der Waals surface area contributed by atoms with E-state index in [1.165, 1.54) is 43.2 Å². The molecule has 4 rings (SSSR count). The Kier molecular flexibility index (Phi) is 3.09. The Morgan fingerprint density at radius 1 is 1.20 bits per heavy atom. The van der Waals surface area contributed by atoms with E-state index < -0.39 is 0 Å². The molecule has 2 fully saturated rings. The van der Waals surface area contributed by atoms with Gasteiger partial charge in [-0.25, -0.2) is 0 Å². The monoisotopic (exact) mass is 272 g/mol. The first-order chi connectivity index (χ1) is 9.82. The summed E-state index contributed by atoms with van der Waals surface area (Å²) in [5.41, 5.74) is 9.35. The van der Waals surface area contributed by atoms with Crippen molar-refractivity contribution in [3.05, 3.63) is 35.4 Å². The topological polar surface area (TPSA) is 38.5 Å². The molecule has 1 aromatic rings. The van der Waals surface area contributed by atoms with Crippen LogP contribution in [-0.2, 0) is 16.7 Å². The number of rotatable bonds is 2. The molecule has 108 valence electrons. The molecule has 0 spiro atoms. The fourth-order valence-corrected chi connectivity index (χ4v) is 4.53. The van der Waals surface area contributed by atoms with Crippen LogP contribution in [0, 0.1) is 0 Å². The van der Waals surface area contributed by atoms with E-state index >= 15 is 0 Å². The van der Waals surface area contributed by atoms with Crippen molar-refractivity contribution in [2.45, 2.75) is 49.9 Å². The summed E-state index contributed by atoms with van der Waals surface area (Å²) in [4.78, 5) is 2.65. The maximum absolute atomic E-state index is 6.31. The minimum atomic E-state index is 0.0550. The van der Waals surface area contributed by atoms with E-state index in [-0.39, 0.29) is 5.54 Å². The molecule has 2 N–H and O–H groups in total. The van der Waals surface area contributed by atoms with Crippen molar-refractivity contribution in [3.8, 4) is 0 Å². The normalized spacial score (nSPS) is 36.9. The molecule has 0 saturated carbocycles. The summed E-state index contributed by atoms with van der Waals surface area (Å²) < 4.78 is 6.01. The molecule has 20 heavy (non-hydrogen) atoms. The number of nitrogens with zero attached hydrogens (tertiary/aromatic N) is 1. The Labute approximate surface area is 121 Å². The Morgan fingerprint density at radius 3 is 2.70 bits per heavy atom. The van der Waals surface area contributed by atoms with Gasteiger partial charge in [-0.1, -0.05) is 24.3 Å². The molecular formula is C17H24N2O. The van der Waals surface area contributed by atoms with Gasteiger partial charge in [0, 0.05) is 19.6 Å². The quantitative estimate of drug-likeness (QED) is 0.895. The van der Waals surface area contributed by atoms with Crippen molar-refractivity contribution in [3.63, 3.8) is 0 Å². The van der Waals surface area contributed by atoms with Gasteiger partial charge >= 0.3 is 0 Å². The number of fused-ring (bicyclic) bond motifs is 3. The van der Waals surface area contributed by atoms with Crippen LogP contribution in [-0.4, -0.2) is 36.7 Å². The Hall–Kier alpha value is -0.900. The highest BCUT2D eigenvalue weighted by molar-refractivity contribution is 5.37. The Bertz CT molecular complexity index is 492. The van der Waals surface area contributed by atoms with Crippen molar-refractivity contribution in [2.24, 2.45) is 5.73 Å². The lowest BCUT2D eigenvalue weighted by Crippen LogP contribution is -2.58. The first-order valence-corrected chi connectivity index (χ1v) is 8.01. The fourth-order valence-electron chi connectivity index (χ4n) is 4.53. The lowest BCUT2D eigenvalue weighted by Gasteiger charge is -2.50. The van der Waals surface area contributed by atoms with Gasteiger partial charge in [-0.3, -0.25) is 4.90 Å². The van der Waals surface area contributed by atoms with Gasteiger partial charge in [-0.2, -0.15) is 0 Å². The van der Waals surface area contributed by atoms with Crippen molar-refractivity contribution in [1.29, 1.82) is 0 Å². The van der Waals surface area contributed by atoms with E-state index in [0.29, 0.717) is 12.2 Å². The van der Waals surface area contributed by atoms with Crippen molar-refractivity contribution in [2.75, 3.05) is 19.6 Å². The minimum Gasteiger partial charge on any atom is -0.372 e. The maximum atomic E-state index is 6.31. The van der Waals surface area contributed by atoms with Gasteiger partial charge in [0.2, 0.25) is 0 Å². The van der Waals surface area contributed by atoms with Crippen molar-refractivity contribution >= 4 is 0 Å². The summed E-state index contributed by atoms with van der Waals surface area (Å²) in [6.45, 7) is 2.84. The molecule has 0 radical (unpaired) electrons. The number of hydrogen-bond acceptors (Lipinski definition) is 3. The minimum absolute atomic E-state index is 0.0550. The second kappa shape index (κ2) is 4.83. The van der Waals surface area contributed by atoms with Crippen LogP contribution in [0.5, 0.6) is 0 Å². The second-order valence-corrected chi connectivity index (χ2v) is 6.61. The molecular weight excluding hydrogens is 248 g/mol. The van der Waals surface area contributed by atoms with Crippen molar-refractivity contribution < 1.29 is 4.74 Å². The van der Waals surface area contributed by atoms with Gasteiger partial charge in [0.05, 0.1) is 17.7 Å². The third-order valence-corrected chi connectivity index (χ3v) is 5.54. The van der Waals surface area contributed by atoms with Crippen LogP contribution in [0.3, 0.4) is 0 Å². The third kappa shape index (κ3) is 1.84. The van der Waals surface area contributed by atoms with Crippen LogP contribution < -0.4 is 5.73 Å². The van der Waals surface area contributed by atoms with Gasteiger partial charge in [-0.15, -0.1) is 0 Å². The second-order valence-electron chi connectivity index (χ2n) is 6.61. The molecule has 1 aliphatic carbocycles. The number of aryl methyl sites for hydroxylation is 1. The van der Waals surface area contributed by atoms with Gasteiger partial charge in [0.15, 0.2) is 0 Å². The summed E-state index contributed by atoms with van der Waals surface area (Å²) in [6, 6.07) is 8.92. The van der Waals surface area contributed by atoms with E-state index in [4.69, 9.17) is 10.5 Å². The lowest BCUT2D eigenvalue weighted by molar-refractivity contribution is -0.0830. The van der Waals surface area contributed by atoms with Crippen LogP contribution in [0.2, 0.25) is 0 Å². The van der Waals surface area contributed by atoms with Gasteiger partial charge < -0.3 is 10.5 Å². The Morgan fingerprint density at radius 2 is 1.95 bits per heavy atom. The number of benzene rings is 1. The number of hydrogen-bond donors (Lipinski definition) is 1. The molecule has 0 amide bonds. The van der Waals surface area contributed by atoms with Crippen LogP contribution in [0.1, 0.15) is 36.8 Å². The molecule has 3 heteroatoms. The molecule has 2 aliphatic heterocycles. The highest BCUT2D eigenvalue weighted by Gasteiger charge is 2.46. The largest absolute Gasteiger partial charge is 0.372 e. The van der Waals surface area contributed by atoms with E-state index in [1.807, 2.05) is 0 Å². The smallest absolute Gasteiger partial charge is 0.0707 e. The van der Waals surface area contributed by atoms with E-state index in [9.17, 15) is 0 Å². The zero-order valence-corrected chi connectivity index (χ0v) is 12.1. The van der Waals surface area contributed by atoms with Crippen molar-refractivity contribution in [1.82, 2.24) is 4.90 Å². The van der Waals surface area contributed by atoms with E-state index in [2.05, 4.69) is 29.2 Å². The van der Waals surface area contributed by atoms with E-state index in [0.717, 1.165) is 19.6 Å². The Balaban J connectivity index is 1.73. The molecule has 2 heterocycles. The summed E-state index contributed by atoms with van der Waals surface area (Å²) >= 11 is 0. The SMILES string of the molecule is NCC1(N2CC3CCC(C2)O3)CCCc2ccccc21. The molecule has 1 aromatic carbocycles. The fraction of sp³-hybridized carbons (Fsp3) is 0.647. The third-order valence-electron chi connectivity index (χ3n) is 5.54. The summed E-state index contributed by atoms with van der Waals surface area (Å²) in [5, 5.41) is 0. The van der Waals surface area contributed by atoms with Crippen LogP contribution in [0.4, 0.5) is 0 Å². The number of morpholine rings is 1. The predicted molar refractivity (Wildman–Crippen MR) is 79.6 cm³/mol. The van der Waals surface area contributed by atoms with Crippen LogP contribution in [0.25, 0.3) is 0 Å². The maximum Gasteiger partial charge on any atom is 0.0707 e. The first kappa shape index (κ1) is 12.8. The van der Waals surface area contributed by atoms with Gasteiger partial charge in [0.25, 0.3) is 0 Å². The summed E-state index contributed by atoms with van der Waals surface area (Å²) in [7, 11) is 0. The molecule has 0 aromatic heterocycles. The number of likely N-dealkylation sites (tertiary alicyclic amines) is 1. The number of nitrogens with two attached hydrogens (primary N) is 1. The zero-order chi connectivity index (χ0) is 13.6. The molecule has 3 atom stereocenters. The number of ether oxygens (including phenoxy) is 1. The molecule has 2 bridgehead atoms. The predicted octanol–water partition coefficient (Wildman–Crippen LogP) is 2.04. The average molecular weight is 272 g/mol. The van der Waals surface area contributed by atoms with Crippen LogP contribution in [0.15, 0.2) is 24.3 Å². The van der Waals surface area contributed by atoms with Crippen LogP contribution >= 0.6 is 0 Å². The summed E-state index contributed by atoms with van der Waals surface area (Å²) in [6.07, 6.45) is 6.97. The summed E-state index contributed by atoms with van der Waals surface area (Å²) in [5.74, 6) is 0. The average Bonchev–Trinajstić information content (AvgIpc) is 2.85.